The molecule has 0 aromatic carbocycles. The predicted molar refractivity (Wildman–Crippen MR) is 49.4 cm³/mol. The van der Waals surface area contributed by atoms with Crippen molar-refractivity contribution in [3.8, 4) is 11.8 Å². The third-order valence-electron chi connectivity index (χ3n) is 1.88. The van der Waals surface area contributed by atoms with Gasteiger partial charge in [-0.1, -0.05) is 17.9 Å². The largest absolute Gasteiger partial charge is 0.418 e. The van der Waals surface area contributed by atoms with E-state index in [2.05, 4.69) is 11.8 Å². The van der Waals surface area contributed by atoms with Crippen LogP contribution in [0.3, 0.4) is 0 Å². The van der Waals surface area contributed by atoms with Crippen molar-refractivity contribution in [1.29, 1.82) is 0 Å². The smallest absolute Gasteiger partial charge is 0.401 e. The molecule has 0 aromatic rings. The van der Waals surface area contributed by atoms with E-state index in [0.29, 0.717) is 12.1 Å². The minimum Gasteiger partial charge on any atom is -0.401 e. The van der Waals surface area contributed by atoms with E-state index in [-0.39, 0.29) is 12.0 Å². The van der Waals surface area contributed by atoms with Crippen molar-refractivity contribution in [3.63, 3.8) is 0 Å². The van der Waals surface area contributed by atoms with Gasteiger partial charge in [-0.3, -0.25) is 0 Å². The van der Waals surface area contributed by atoms with Crippen LogP contribution in [0, 0.1) is 11.8 Å². The van der Waals surface area contributed by atoms with Gasteiger partial charge >= 0.3 is 6.18 Å². The maximum atomic E-state index is 12.2. The van der Waals surface area contributed by atoms with Crippen LogP contribution in [0.5, 0.6) is 0 Å². The molecule has 2 nitrogen and oxygen atoms in total. The summed E-state index contributed by atoms with van der Waals surface area (Å²) in [6, 6.07) is 0. The number of alkyl halides is 3. The first-order valence-electron chi connectivity index (χ1n) is 4.27. The second-order valence-corrected chi connectivity index (χ2v) is 3.13. The molecule has 1 unspecified atom stereocenters. The van der Waals surface area contributed by atoms with Crippen molar-refractivity contribution in [3.05, 3.63) is 23.4 Å². The summed E-state index contributed by atoms with van der Waals surface area (Å²) in [7, 11) is 0. The topological polar surface area (TPSA) is 46.2 Å². The number of hydrogen-bond acceptors (Lipinski definition) is 2. The third kappa shape index (κ3) is 3.33. The summed E-state index contributed by atoms with van der Waals surface area (Å²) in [6.07, 6.45) is -4.35. The molecule has 0 amide bonds. The van der Waals surface area contributed by atoms with Crippen molar-refractivity contribution in [1.82, 2.24) is 0 Å². The zero-order valence-electron chi connectivity index (χ0n) is 7.80. The summed E-state index contributed by atoms with van der Waals surface area (Å²) in [4.78, 5) is 0. The van der Waals surface area contributed by atoms with Crippen molar-refractivity contribution in [2.24, 2.45) is 5.73 Å². The van der Waals surface area contributed by atoms with Crippen molar-refractivity contribution >= 4 is 0 Å². The summed E-state index contributed by atoms with van der Waals surface area (Å²) < 4.78 is 36.5. The Morgan fingerprint density at radius 3 is 2.47 bits per heavy atom. The maximum absolute atomic E-state index is 12.2. The second kappa shape index (κ2) is 4.41. The molecule has 0 aliphatic heterocycles. The van der Waals surface area contributed by atoms with Crippen LogP contribution in [0.4, 0.5) is 13.2 Å². The summed E-state index contributed by atoms with van der Waals surface area (Å²) in [6.45, 7) is 0. The van der Waals surface area contributed by atoms with E-state index in [4.69, 9.17) is 10.8 Å². The first-order chi connectivity index (χ1) is 6.91. The van der Waals surface area contributed by atoms with Crippen LogP contribution in [0.2, 0.25) is 0 Å². The fourth-order valence-electron chi connectivity index (χ4n) is 1.06. The van der Waals surface area contributed by atoms with Gasteiger partial charge in [-0.15, -0.1) is 0 Å². The Bertz CT molecular complexity index is 357. The number of aliphatic hydroxyl groups is 1. The highest BCUT2D eigenvalue weighted by Crippen LogP contribution is 2.27. The Hall–Kier alpha value is -1.41. The number of allylic oxidation sites excluding steroid dienone is 3. The maximum Gasteiger partial charge on any atom is 0.418 e. The Morgan fingerprint density at radius 2 is 1.87 bits per heavy atom. The van der Waals surface area contributed by atoms with E-state index in [9.17, 15) is 13.2 Å². The van der Waals surface area contributed by atoms with Gasteiger partial charge in [-0.05, 0) is 11.6 Å². The van der Waals surface area contributed by atoms with E-state index in [1.54, 1.807) is 0 Å². The first-order valence-corrected chi connectivity index (χ1v) is 4.27. The zero-order chi connectivity index (χ0) is 11.5. The molecule has 0 aromatic heterocycles. The molecule has 0 saturated heterocycles. The molecule has 0 heterocycles. The van der Waals surface area contributed by atoms with Crippen LogP contribution in [-0.4, -0.2) is 17.4 Å². The van der Waals surface area contributed by atoms with Gasteiger partial charge in [-0.25, -0.2) is 0 Å². The molecule has 0 bridgehead atoms. The molecule has 15 heavy (non-hydrogen) atoms. The Balaban J connectivity index is 2.91. The van der Waals surface area contributed by atoms with Crippen molar-refractivity contribution in [2.75, 3.05) is 0 Å². The van der Waals surface area contributed by atoms with Crippen molar-refractivity contribution < 1.29 is 18.3 Å². The molecule has 82 valence electrons. The molecule has 1 aliphatic rings. The number of rotatable bonds is 1. The molecule has 3 N–H and O–H groups in total. The fourth-order valence-corrected chi connectivity index (χ4v) is 1.06. The Labute approximate surface area is 85.3 Å². The molecule has 0 radical (unpaired) electrons. The minimum absolute atomic E-state index is 0.0928. The van der Waals surface area contributed by atoms with Crippen LogP contribution < -0.4 is 5.73 Å². The fraction of sp³-hybridized carbons (Fsp3) is 0.400. The van der Waals surface area contributed by atoms with Gasteiger partial charge < -0.3 is 10.8 Å². The normalized spacial score (nSPS) is 25.9. The van der Waals surface area contributed by atoms with E-state index in [1.165, 1.54) is 12.2 Å². The lowest BCUT2D eigenvalue weighted by Gasteiger charge is -2.16. The van der Waals surface area contributed by atoms with Crippen molar-refractivity contribution in [2.45, 2.75) is 25.1 Å². The molecule has 0 spiro atoms. The highest BCUT2D eigenvalue weighted by atomic mass is 19.4. The van der Waals surface area contributed by atoms with Gasteiger partial charge in [0.1, 0.15) is 0 Å². The quantitative estimate of drug-likeness (QED) is 0.653. The third-order valence-corrected chi connectivity index (χ3v) is 1.88. The summed E-state index contributed by atoms with van der Waals surface area (Å²) in [5.74, 6) is 5.13. The van der Waals surface area contributed by atoms with E-state index < -0.39 is 12.3 Å². The standard InChI is InChI=1S/C10H10F3NO/c11-10(12,13)9(15)7-3-1-2-4-8(14)6-5-7/h5-6,9,15H,3-4,14H2/b7-5+,8-6+. The lowest BCUT2D eigenvalue weighted by Crippen LogP contribution is -2.30. The van der Waals surface area contributed by atoms with Crippen LogP contribution in [0.1, 0.15) is 12.8 Å². The number of aliphatic hydroxyl groups excluding tert-OH is 1. The van der Waals surface area contributed by atoms with E-state index in [1.807, 2.05) is 0 Å². The zero-order valence-corrected chi connectivity index (χ0v) is 7.80. The van der Waals surface area contributed by atoms with Gasteiger partial charge in [0, 0.05) is 18.5 Å². The van der Waals surface area contributed by atoms with E-state index >= 15 is 0 Å². The van der Waals surface area contributed by atoms with Crippen LogP contribution >= 0.6 is 0 Å². The highest BCUT2D eigenvalue weighted by molar-refractivity contribution is 5.29. The van der Waals surface area contributed by atoms with Gasteiger partial charge in [0.15, 0.2) is 6.10 Å². The van der Waals surface area contributed by atoms with Gasteiger partial charge in [-0.2, -0.15) is 13.2 Å². The van der Waals surface area contributed by atoms with Crippen LogP contribution in [0.15, 0.2) is 23.4 Å². The molecule has 1 rings (SSSR count). The monoisotopic (exact) mass is 217 g/mol. The molecular weight excluding hydrogens is 207 g/mol. The summed E-state index contributed by atoms with van der Waals surface area (Å²) in [5.41, 5.74) is 5.63. The Kier molecular flexibility index (Phi) is 3.43. The molecular formula is C10H10F3NO. The molecule has 0 saturated carbocycles. The second-order valence-electron chi connectivity index (χ2n) is 3.13. The molecule has 0 fully saturated rings. The van der Waals surface area contributed by atoms with Gasteiger partial charge in [0.05, 0.1) is 0 Å². The van der Waals surface area contributed by atoms with Gasteiger partial charge in [0.25, 0.3) is 0 Å². The highest BCUT2D eigenvalue weighted by Gasteiger charge is 2.40. The summed E-state index contributed by atoms with van der Waals surface area (Å²) in [5, 5.41) is 8.98. The van der Waals surface area contributed by atoms with Crippen LogP contribution in [0.25, 0.3) is 0 Å². The number of hydrogen-bond donors (Lipinski definition) is 2. The molecule has 1 aliphatic carbocycles. The van der Waals surface area contributed by atoms with Gasteiger partial charge in [0.2, 0.25) is 0 Å². The molecule has 5 heteroatoms. The SMILES string of the molecule is N/C1=C/C=C(/C(O)C(F)(F)F)CC#CC1. The molecule has 1 atom stereocenters. The lowest BCUT2D eigenvalue weighted by atomic mass is 10.0. The van der Waals surface area contributed by atoms with Crippen LogP contribution in [-0.2, 0) is 0 Å². The Morgan fingerprint density at radius 1 is 1.27 bits per heavy atom. The number of nitrogens with two attached hydrogens (primary N) is 1. The first kappa shape index (κ1) is 11.7. The number of halogens is 3. The predicted octanol–water partition coefficient (Wildman–Crippen LogP) is 1.48. The van der Waals surface area contributed by atoms with E-state index in [0.717, 1.165) is 0 Å². The average molecular weight is 217 g/mol. The average Bonchev–Trinajstić information content (AvgIpc) is 2.10. The lowest BCUT2D eigenvalue weighted by molar-refractivity contribution is -0.191. The minimum atomic E-state index is -4.66. The summed E-state index contributed by atoms with van der Waals surface area (Å²) >= 11 is 0.